The first kappa shape index (κ1) is 12.4. The first-order valence-electron chi connectivity index (χ1n) is 6.73. The van der Waals surface area contributed by atoms with Crippen LogP contribution in [0.1, 0.15) is 18.5 Å². The quantitative estimate of drug-likeness (QED) is 0.917. The molecule has 1 N–H and O–H groups in total. The van der Waals surface area contributed by atoms with Gasteiger partial charge in [-0.25, -0.2) is 0 Å². The van der Waals surface area contributed by atoms with Gasteiger partial charge in [0.25, 0.3) is 0 Å². The molecule has 4 heteroatoms. The van der Waals surface area contributed by atoms with Crippen LogP contribution in [0.3, 0.4) is 0 Å². The molecule has 1 fully saturated rings. The van der Waals surface area contributed by atoms with E-state index in [-0.39, 0.29) is 6.10 Å². The van der Waals surface area contributed by atoms with E-state index < -0.39 is 0 Å². The lowest BCUT2D eigenvalue weighted by Gasteiger charge is -2.28. The molecule has 0 aliphatic carbocycles. The molecule has 0 amide bonds. The molecule has 0 radical (unpaired) electrons. The number of nitrogens with zero attached hydrogens (tertiary/aromatic N) is 2. The number of aromatic nitrogens is 1. The van der Waals surface area contributed by atoms with Gasteiger partial charge in [0, 0.05) is 24.7 Å². The zero-order valence-electron chi connectivity index (χ0n) is 10.8. The van der Waals surface area contributed by atoms with Crippen LogP contribution in [0.15, 0.2) is 40.9 Å². The molecule has 100 valence electrons. The standard InChI is InChI=1S/C15H18N2O2/c18-14-7-4-8-17(11-14)10-13-9-15(19-16-13)12-5-2-1-3-6-12/h1-3,5-6,9,14,18H,4,7-8,10-11H2/t14-/m0/s1. The van der Waals surface area contributed by atoms with Crippen molar-refractivity contribution >= 4 is 0 Å². The molecule has 1 atom stereocenters. The fourth-order valence-corrected chi connectivity index (χ4v) is 2.53. The van der Waals surface area contributed by atoms with Crippen LogP contribution in [-0.2, 0) is 6.54 Å². The van der Waals surface area contributed by atoms with E-state index in [1.807, 2.05) is 36.4 Å². The molecule has 1 aromatic heterocycles. The Bertz CT molecular complexity index is 524. The summed E-state index contributed by atoms with van der Waals surface area (Å²) < 4.78 is 5.38. The first-order valence-corrected chi connectivity index (χ1v) is 6.73. The van der Waals surface area contributed by atoms with Crippen molar-refractivity contribution in [2.24, 2.45) is 0 Å². The lowest BCUT2D eigenvalue weighted by Crippen LogP contribution is -2.37. The van der Waals surface area contributed by atoms with E-state index in [2.05, 4.69) is 10.1 Å². The Morgan fingerprint density at radius 3 is 2.95 bits per heavy atom. The van der Waals surface area contributed by atoms with Gasteiger partial charge in [0.1, 0.15) is 0 Å². The number of aliphatic hydroxyl groups excluding tert-OH is 1. The van der Waals surface area contributed by atoms with E-state index in [4.69, 9.17) is 4.52 Å². The predicted molar refractivity (Wildman–Crippen MR) is 72.5 cm³/mol. The molecule has 19 heavy (non-hydrogen) atoms. The molecule has 0 spiro atoms. The molecule has 0 unspecified atom stereocenters. The van der Waals surface area contributed by atoms with Crippen molar-refractivity contribution in [1.29, 1.82) is 0 Å². The topological polar surface area (TPSA) is 49.5 Å². The molecule has 2 heterocycles. The van der Waals surface area contributed by atoms with Crippen LogP contribution in [-0.4, -0.2) is 34.4 Å². The summed E-state index contributed by atoms with van der Waals surface area (Å²) in [5, 5.41) is 13.8. The summed E-state index contributed by atoms with van der Waals surface area (Å²) in [5.41, 5.74) is 1.97. The lowest BCUT2D eigenvalue weighted by atomic mass is 10.1. The van der Waals surface area contributed by atoms with Crippen molar-refractivity contribution in [3.63, 3.8) is 0 Å². The fourth-order valence-electron chi connectivity index (χ4n) is 2.53. The predicted octanol–water partition coefficient (Wildman–Crippen LogP) is 2.30. The summed E-state index contributed by atoms with van der Waals surface area (Å²) in [6.07, 6.45) is 1.75. The third-order valence-corrected chi connectivity index (χ3v) is 3.48. The second kappa shape index (κ2) is 5.55. The maximum Gasteiger partial charge on any atom is 0.167 e. The summed E-state index contributed by atoms with van der Waals surface area (Å²) in [4.78, 5) is 2.22. The highest BCUT2D eigenvalue weighted by atomic mass is 16.5. The number of piperidine rings is 1. The highest BCUT2D eigenvalue weighted by molar-refractivity contribution is 5.56. The molecule has 3 rings (SSSR count). The molecule has 0 bridgehead atoms. The highest BCUT2D eigenvalue weighted by Crippen LogP contribution is 2.21. The number of benzene rings is 1. The summed E-state index contributed by atoms with van der Waals surface area (Å²) in [7, 11) is 0. The minimum absolute atomic E-state index is 0.200. The SMILES string of the molecule is O[C@H]1CCCN(Cc2cc(-c3ccccc3)on2)C1. The summed E-state index contributed by atoms with van der Waals surface area (Å²) in [6.45, 7) is 2.49. The Labute approximate surface area is 112 Å². The summed E-state index contributed by atoms with van der Waals surface area (Å²) in [5.74, 6) is 0.799. The number of β-amino-alcohol motifs (C(OH)–C–C–N with tert-alkyl or cyclic N) is 1. The Balaban J connectivity index is 1.68. The minimum Gasteiger partial charge on any atom is -0.392 e. The van der Waals surface area contributed by atoms with Crippen molar-refractivity contribution in [2.75, 3.05) is 13.1 Å². The van der Waals surface area contributed by atoms with E-state index >= 15 is 0 Å². The van der Waals surface area contributed by atoms with Gasteiger partial charge in [-0.2, -0.15) is 0 Å². The summed E-state index contributed by atoms with van der Waals surface area (Å²) in [6, 6.07) is 12.0. The lowest BCUT2D eigenvalue weighted by molar-refractivity contribution is 0.0657. The molecular weight excluding hydrogens is 240 g/mol. The average Bonchev–Trinajstić information content (AvgIpc) is 2.88. The molecular formula is C15H18N2O2. The largest absolute Gasteiger partial charge is 0.392 e. The van der Waals surface area contributed by atoms with Gasteiger partial charge in [0.15, 0.2) is 5.76 Å². The van der Waals surface area contributed by atoms with Gasteiger partial charge in [0.2, 0.25) is 0 Å². The van der Waals surface area contributed by atoms with Gasteiger partial charge in [-0.3, -0.25) is 4.90 Å². The van der Waals surface area contributed by atoms with Crippen molar-refractivity contribution in [2.45, 2.75) is 25.5 Å². The van der Waals surface area contributed by atoms with E-state index in [9.17, 15) is 5.11 Å². The number of likely N-dealkylation sites (tertiary alicyclic amines) is 1. The average molecular weight is 258 g/mol. The van der Waals surface area contributed by atoms with Gasteiger partial charge >= 0.3 is 0 Å². The molecule has 2 aromatic rings. The normalized spacial score (nSPS) is 20.6. The van der Waals surface area contributed by atoms with Gasteiger partial charge < -0.3 is 9.63 Å². The second-order valence-corrected chi connectivity index (χ2v) is 5.08. The van der Waals surface area contributed by atoms with E-state index in [1.54, 1.807) is 0 Å². The van der Waals surface area contributed by atoms with Crippen molar-refractivity contribution in [3.8, 4) is 11.3 Å². The smallest absolute Gasteiger partial charge is 0.167 e. The van der Waals surface area contributed by atoms with Crippen molar-refractivity contribution < 1.29 is 9.63 Å². The molecule has 4 nitrogen and oxygen atoms in total. The molecule has 1 aromatic carbocycles. The van der Waals surface area contributed by atoms with Crippen molar-refractivity contribution in [1.82, 2.24) is 10.1 Å². The van der Waals surface area contributed by atoms with Gasteiger partial charge in [-0.1, -0.05) is 35.5 Å². The molecule has 1 aliphatic heterocycles. The zero-order valence-corrected chi connectivity index (χ0v) is 10.8. The number of rotatable bonds is 3. The van der Waals surface area contributed by atoms with Crippen LogP contribution in [0.25, 0.3) is 11.3 Å². The monoisotopic (exact) mass is 258 g/mol. The zero-order chi connectivity index (χ0) is 13.1. The maximum absolute atomic E-state index is 9.66. The van der Waals surface area contributed by atoms with E-state index in [0.717, 1.165) is 49.5 Å². The summed E-state index contributed by atoms with van der Waals surface area (Å²) >= 11 is 0. The number of hydrogen-bond donors (Lipinski definition) is 1. The molecule has 1 saturated heterocycles. The van der Waals surface area contributed by atoms with Crippen molar-refractivity contribution in [3.05, 3.63) is 42.1 Å². The van der Waals surface area contributed by atoms with Crippen LogP contribution in [0.2, 0.25) is 0 Å². The Hall–Kier alpha value is -1.65. The Kier molecular flexibility index (Phi) is 3.62. The minimum atomic E-state index is -0.200. The van der Waals surface area contributed by atoms with Crippen LogP contribution in [0.4, 0.5) is 0 Å². The van der Waals surface area contributed by atoms with Crippen LogP contribution in [0.5, 0.6) is 0 Å². The van der Waals surface area contributed by atoms with Gasteiger partial charge in [-0.15, -0.1) is 0 Å². The number of aliphatic hydroxyl groups is 1. The Morgan fingerprint density at radius 2 is 2.16 bits per heavy atom. The third kappa shape index (κ3) is 3.03. The van der Waals surface area contributed by atoms with Gasteiger partial charge in [-0.05, 0) is 19.4 Å². The molecule has 0 saturated carbocycles. The van der Waals surface area contributed by atoms with Crippen LogP contribution < -0.4 is 0 Å². The van der Waals surface area contributed by atoms with Crippen LogP contribution >= 0.6 is 0 Å². The highest BCUT2D eigenvalue weighted by Gasteiger charge is 2.19. The number of hydrogen-bond acceptors (Lipinski definition) is 4. The van der Waals surface area contributed by atoms with Gasteiger partial charge in [0.05, 0.1) is 11.8 Å². The fraction of sp³-hybridized carbons (Fsp3) is 0.400. The molecule has 1 aliphatic rings. The maximum atomic E-state index is 9.66. The Morgan fingerprint density at radius 1 is 1.32 bits per heavy atom. The van der Waals surface area contributed by atoms with E-state index in [0.29, 0.717) is 0 Å². The second-order valence-electron chi connectivity index (χ2n) is 5.08. The van der Waals surface area contributed by atoms with E-state index in [1.165, 1.54) is 0 Å². The first-order chi connectivity index (χ1) is 9.31. The van der Waals surface area contributed by atoms with Crippen LogP contribution in [0, 0.1) is 0 Å². The third-order valence-electron chi connectivity index (χ3n) is 3.48.